The number of carbonyl (C=O) groups is 2. The van der Waals surface area contributed by atoms with Gasteiger partial charge in [-0.15, -0.1) is 0 Å². The van der Waals surface area contributed by atoms with Crippen molar-refractivity contribution in [2.75, 3.05) is 7.11 Å². The normalized spacial score (nSPS) is 11.9. The van der Waals surface area contributed by atoms with Crippen LogP contribution in [0.5, 0.6) is 5.75 Å². The number of nitrogens with one attached hydrogen (secondary N) is 1. The molecule has 0 saturated heterocycles. The van der Waals surface area contributed by atoms with E-state index in [1.54, 1.807) is 18.2 Å². The maximum atomic E-state index is 11.9. The number of hydrogen-bond acceptors (Lipinski definition) is 5. The number of carbonyl (C=O) groups excluding carboxylic acids is 1. The van der Waals surface area contributed by atoms with Crippen molar-refractivity contribution < 1.29 is 23.8 Å². The summed E-state index contributed by atoms with van der Waals surface area (Å²) in [6, 6.07) is 5.14. The molecular weight excluding hydrogens is 290 g/mol. The van der Waals surface area contributed by atoms with Crippen molar-refractivity contribution in [3.05, 3.63) is 40.2 Å². The van der Waals surface area contributed by atoms with E-state index in [1.165, 1.54) is 20.1 Å². The first kappa shape index (κ1) is 15.6. The SMILES string of the molecule is COc1ccc2c(CC(=O)NC(C)C(=O)O)cc(=O)oc2c1. The van der Waals surface area contributed by atoms with Gasteiger partial charge in [0.05, 0.1) is 13.5 Å². The molecule has 1 heterocycles. The molecule has 1 aromatic carbocycles. The number of fused-ring (bicyclic) bond motifs is 1. The monoisotopic (exact) mass is 305 g/mol. The fourth-order valence-electron chi connectivity index (χ4n) is 2.01. The van der Waals surface area contributed by atoms with Gasteiger partial charge in [-0.05, 0) is 24.6 Å². The summed E-state index contributed by atoms with van der Waals surface area (Å²) >= 11 is 0. The van der Waals surface area contributed by atoms with E-state index in [0.29, 0.717) is 22.3 Å². The van der Waals surface area contributed by atoms with Gasteiger partial charge in [0.15, 0.2) is 0 Å². The fourth-order valence-corrected chi connectivity index (χ4v) is 2.01. The van der Waals surface area contributed by atoms with Crippen LogP contribution >= 0.6 is 0 Å². The summed E-state index contributed by atoms with van der Waals surface area (Å²) in [5, 5.41) is 11.7. The molecular formula is C15H15NO6. The molecule has 0 radical (unpaired) electrons. The molecule has 0 fully saturated rings. The van der Waals surface area contributed by atoms with Crippen molar-refractivity contribution in [2.24, 2.45) is 0 Å². The van der Waals surface area contributed by atoms with Gasteiger partial charge in [-0.1, -0.05) is 0 Å². The lowest BCUT2D eigenvalue weighted by atomic mass is 10.1. The minimum atomic E-state index is -1.13. The molecule has 2 aromatic rings. The largest absolute Gasteiger partial charge is 0.497 e. The van der Waals surface area contributed by atoms with Crippen molar-refractivity contribution in [1.82, 2.24) is 5.32 Å². The van der Waals surface area contributed by atoms with Crippen LogP contribution in [-0.2, 0) is 16.0 Å². The molecule has 0 aliphatic carbocycles. The van der Waals surface area contributed by atoms with Gasteiger partial charge in [0.25, 0.3) is 0 Å². The molecule has 22 heavy (non-hydrogen) atoms. The molecule has 0 saturated carbocycles. The molecule has 0 spiro atoms. The van der Waals surface area contributed by atoms with E-state index in [2.05, 4.69) is 5.32 Å². The van der Waals surface area contributed by atoms with Crippen LogP contribution in [0.3, 0.4) is 0 Å². The summed E-state index contributed by atoms with van der Waals surface area (Å²) < 4.78 is 10.1. The highest BCUT2D eigenvalue weighted by Crippen LogP contribution is 2.22. The molecule has 1 atom stereocenters. The minimum Gasteiger partial charge on any atom is -0.497 e. The van der Waals surface area contributed by atoms with Gasteiger partial charge in [0.1, 0.15) is 17.4 Å². The second-order valence-electron chi connectivity index (χ2n) is 4.76. The number of rotatable bonds is 5. The van der Waals surface area contributed by atoms with Crippen LogP contribution in [0.2, 0.25) is 0 Å². The van der Waals surface area contributed by atoms with E-state index >= 15 is 0 Å². The highest BCUT2D eigenvalue weighted by Gasteiger charge is 2.16. The first-order valence-corrected chi connectivity index (χ1v) is 6.53. The molecule has 7 heteroatoms. The Hall–Kier alpha value is -2.83. The van der Waals surface area contributed by atoms with E-state index in [4.69, 9.17) is 14.3 Å². The van der Waals surface area contributed by atoms with Gasteiger partial charge >= 0.3 is 11.6 Å². The molecule has 1 amide bonds. The zero-order valence-corrected chi connectivity index (χ0v) is 12.1. The Kier molecular flexibility index (Phi) is 4.45. The summed E-state index contributed by atoms with van der Waals surface area (Å²) in [7, 11) is 1.49. The maximum Gasteiger partial charge on any atom is 0.336 e. The molecule has 1 unspecified atom stereocenters. The summed E-state index contributed by atoms with van der Waals surface area (Å²) in [5.41, 5.74) is 0.180. The van der Waals surface area contributed by atoms with Crippen LogP contribution in [0.4, 0.5) is 0 Å². The molecule has 2 rings (SSSR count). The van der Waals surface area contributed by atoms with Crippen molar-refractivity contribution >= 4 is 22.8 Å². The first-order chi connectivity index (χ1) is 10.4. The van der Waals surface area contributed by atoms with Crippen LogP contribution in [0, 0.1) is 0 Å². The highest BCUT2D eigenvalue weighted by atomic mass is 16.5. The standard InChI is InChI=1S/C15H15NO6/c1-8(15(19)20)16-13(17)5-9-6-14(18)22-12-7-10(21-2)3-4-11(9)12/h3-4,6-8H,5H2,1-2H3,(H,16,17)(H,19,20). The highest BCUT2D eigenvalue weighted by molar-refractivity contribution is 5.89. The molecule has 116 valence electrons. The number of carboxylic acid groups (broad SMARTS) is 1. The number of ether oxygens (including phenoxy) is 1. The molecule has 7 nitrogen and oxygen atoms in total. The first-order valence-electron chi connectivity index (χ1n) is 6.53. The Labute approximate surface area is 125 Å². The van der Waals surface area contributed by atoms with Crippen molar-refractivity contribution in [2.45, 2.75) is 19.4 Å². The van der Waals surface area contributed by atoms with E-state index < -0.39 is 23.5 Å². The van der Waals surface area contributed by atoms with Gasteiger partial charge in [-0.3, -0.25) is 9.59 Å². The van der Waals surface area contributed by atoms with Crippen molar-refractivity contribution in [3.8, 4) is 5.75 Å². The zero-order chi connectivity index (χ0) is 16.3. The van der Waals surface area contributed by atoms with Crippen molar-refractivity contribution in [1.29, 1.82) is 0 Å². The Morgan fingerprint density at radius 2 is 2.09 bits per heavy atom. The van der Waals surface area contributed by atoms with Crippen molar-refractivity contribution in [3.63, 3.8) is 0 Å². The van der Waals surface area contributed by atoms with Crippen LogP contribution in [0.1, 0.15) is 12.5 Å². The molecule has 0 bridgehead atoms. The smallest absolute Gasteiger partial charge is 0.336 e. The summed E-state index contributed by atoms with van der Waals surface area (Å²) in [4.78, 5) is 34.2. The predicted octanol–water partition coefficient (Wildman–Crippen LogP) is 0.933. The van der Waals surface area contributed by atoms with E-state index in [-0.39, 0.29) is 6.42 Å². The lowest BCUT2D eigenvalue weighted by Gasteiger charge is -2.10. The minimum absolute atomic E-state index is 0.119. The van der Waals surface area contributed by atoms with Crippen LogP contribution in [-0.4, -0.2) is 30.1 Å². The zero-order valence-electron chi connectivity index (χ0n) is 12.1. The van der Waals surface area contributed by atoms with Gasteiger partial charge in [-0.2, -0.15) is 0 Å². The fraction of sp³-hybridized carbons (Fsp3) is 0.267. The number of aliphatic carboxylic acids is 1. The van der Waals surface area contributed by atoms with E-state index in [9.17, 15) is 14.4 Å². The van der Waals surface area contributed by atoms with Crippen LogP contribution < -0.4 is 15.7 Å². The lowest BCUT2D eigenvalue weighted by Crippen LogP contribution is -2.39. The Morgan fingerprint density at radius 1 is 1.36 bits per heavy atom. The van der Waals surface area contributed by atoms with Crippen LogP contribution in [0.15, 0.2) is 33.5 Å². The molecule has 0 aliphatic rings. The average Bonchev–Trinajstić information content (AvgIpc) is 2.45. The Bertz CT molecular complexity index is 779. The second kappa shape index (κ2) is 6.30. The number of amides is 1. The van der Waals surface area contributed by atoms with Crippen LogP contribution in [0.25, 0.3) is 11.0 Å². The lowest BCUT2D eigenvalue weighted by molar-refractivity contribution is -0.141. The molecule has 2 N–H and O–H groups in total. The van der Waals surface area contributed by atoms with E-state index in [1.807, 2.05) is 0 Å². The van der Waals surface area contributed by atoms with Gasteiger partial charge in [0, 0.05) is 17.5 Å². The second-order valence-corrected chi connectivity index (χ2v) is 4.76. The number of carboxylic acids is 1. The quantitative estimate of drug-likeness (QED) is 0.796. The number of methoxy groups -OCH3 is 1. The maximum absolute atomic E-state index is 11.9. The van der Waals surface area contributed by atoms with Gasteiger partial charge in [0.2, 0.25) is 5.91 Å². The molecule has 0 aliphatic heterocycles. The van der Waals surface area contributed by atoms with E-state index in [0.717, 1.165) is 0 Å². The Balaban J connectivity index is 2.33. The number of hydrogen-bond donors (Lipinski definition) is 2. The third kappa shape index (κ3) is 3.43. The topological polar surface area (TPSA) is 106 Å². The van der Waals surface area contributed by atoms with Gasteiger partial charge in [-0.25, -0.2) is 4.79 Å². The summed E-state index contributed by atoms with van der Waals surface area (Å²) in [5.74, 6) is -1.09. The number of benzene rings is 1. The summed E-state index contributed by atoms with van der Waals surface area (Å²) in [6.07, 6.45) is -0.119. The summed E-state index contributed by atoms with van der Waals surface area (Å²) in [6.45, 7) is 1.36. The van der Waals surface area contributed by atoms with Gasteiger partial charge < -0.3 is 19.6 Å². The molecule has 1 aromatic heterocycles. The Morgan fingerprint density at radius 3 is 2.73 bits per heavy atom. The third-order valence-corrected chi connectivity index (χ3v) is 3.14. The average molecular weight is 305 g/mol. The third-order valence-electron chi connectivity index (χ3n) is 3.14. The predicted molar refractivity (Wildman–Crippen MR) is 78.0 cm³/mol.